The lowest BCUT2D eigenvalue weighted by atomic mass is 10.1. The summed E-state index contributed by atoms with van der Waals surface area (Å²) in [6.07, 6.45) is 0. The van der Waals surface area contributed by atoms with E-state index in [4.69, 9.17) is 65.4 Å². The van der Waals surface area contributed by atoms with Crippen molar-refractivity contribution in [2.24, 2.45) is 0 Å². The Morgan fingerprint density at radius 2 is 0.458 bits per heavy atom. The van der Waals surface area contributed by atoms with Gasteiger partial charge < -0.3 is 61.5 Å². The van der Waals surface area contributed by atoms with E-state index in [0.29, 0.717) is 88.6 Å². The van der Waals surface area contributed by atoms with Gasteiger partial charge in [0.15, 0.2) is 0 Å². The number of pyridine rings is 4. The van der Waals surface area contributed by atoms with Crippen LogP contribution in [0, 0.1) is 27.7 Å². The Bertz CT molecular complexity index is 4250. The highest BCUT2D eigenvalue weighted by Crippen LogP contribution is 2.34. The van der Waals surface area contributed by atoms with E-state index in [-0.39, 0.29) is 24.1 Å². The minimum Gasteiger partial charge on any atom is -0.495 e. The molecule has 4 aromatic heterocycles. The third kappa shape index (κ3) is 18.6. The molecule has 0 fully saturated rings. The molecule has 12 aromatic rings. The number of methoxy groups -OCH3 is 4. The smallest absolute Gasteiger partial charge is 0.323 e. The van der Waals surface area contributed by atoms with Gasteiger partial charge in [-0.3, -0.25) is 19.9 Å². The number of ether oxygens (including phenoxy) is 4. The first kappa shape index (κ1) is 69.2. The van der Waals surface area contributed by atoms with Gasteiger partial charge in [-0.2, -0.15) is 0 Å². The molecule has 0 aliphatic rings. The van der Waals surface area contributed by atoms with Crippen LogP contribution in [-0.2, 0) is 0 Å². The van der Waals surface area contributed by atoms with Crippen LogP contribution in [0.2, 0.25) is 20.1 Å². The van der Waals surface area contributed by atoms with Crippen molar-refractivity contribution in [2.45, 2.75) is 27.7 Å². The molecule has 24 heteroatoms. The second kappa shape index (κ2) is 32.6. The molecule has 4 heterocycles. The lowest BCUT2D eigenvalue weighted by Crippen LogP contribution is -2.20. The van der Waals surface area contributed by atoms with Crippen molar-refractivity contribution < 1.29 is 38.1 Å². The monoisotopic (exact) mass is 1360 g/mol. The molecule has 0 aliphatic carbocycles. The Kier molecular flexibility index (Phi) is 23.5. The fourth-order valence-corrected chi connectivity index (χ4v) is 10.5. The van der Waals surface area contributed by atoms with Crippen molar-refractivity contribution >= 4 is 160 Å². The number of urea groups is 4. The minimum absolute atomic E-state index is 0.383. The summed E-state index contributed by atoms with van der Waals surface area (Å²) >= 11 is 23.9. The molecule has 0 aliphatic heterocycles. The van der Waals surface area contributed by atoms with Gasteiger partial charge in [-0.15, -0.1) is 0 Å². The number of carbonyl (C=O) groups is 4. The fourth-order valence-electron chi connectivity index (χ4n) is 9.86. The van der Waals surface area contributed by atoms with E-state index < -0.39 is 0 Å². The lowest BCUT2D eigenvalue weighted by Gasteiger charge is -2.13. The number of benzene rings is 8. The van der Waals surface area contributed by atoms with E-state index in [2.05, 4.69) is 62.5 Å². The lowest BCUT2D eigenvalue weighted by molar-refractivity contribution is 0.261. The van der Waals surface area contributed by atoms with Crippen molar-refractivity contribution in [1.82, 2.24) is 19.9 Å². The topological polar surface area (TPSA) is 253 Å². The van der Waals surface area contributed by atoms with Gasteiger partial charge in [0.1, 0.15) is 23.0 Å². The molecule has 96 heavy (non-hydrogen) atoms. The SMILES string of the molecule is COc1ccc(Cl)cc1NC(=O)Nc1cc(C)nc2ccccc12.COc1ccc(Cl)cc1NC(=O)Nc1cc(C)nc2ccccc12.COc1ccc(Cl)cc1NC(=O)Nc1cc(C)nc2ccccc12.COc1ccc(Cl)cc1NC(=O)Nc1cc(C)nc2ccccc12. The Morgan fingerprint density at radius 1 is 0.271 bits per heavy atom. The van der Waals surface area contributed by atoms with Gasteiger partial charge in [-0.1, -0.05) is 119 Å². The Hall–Kier alpha value is -11.2. The van der Waals surface area contributed by atoms with Crippen LogP contribution in [0.4, 0.5) is 64.7 Å². The Morgan fingerprint density at radius 3 is 0.656 bits per heavy atom. The van der Waals surface area contributed by atoms with Crippen molar-refractivity contribution in [3.8, 4) is 23.0 Å². The molecule has 0 atom stereocenters. The summed E-state index contributed by atoms with van der Waals surface area (Å²) in [6, 6.07) is 56.5. The molecule has 488 valence electrons. The molecule has 12 rings (SSSR count). The zero-order chi connectivity index (χ0) is 68.4. The van der Waals surface area contributed by atoms with Crippen molar-refractivity contribution in [3.63, 3.8) is 0 Å². The van der Waals surface area contributed by atoms with Crippen LogP contribution in [0.25, 0.3) is 43.6 Å². The third-order valence-corrected chi connectivity index (χ3v) is 14.9. The zero-order valence-electron chi connectivity index (χ0n) is 53.0. The first-order valence-corrected chi connectivity index (χ1v) is 30.9. The summed E-state index contributed by atoms with van der Waals surface area (Å²) in [4.78, 5) is 67.3. The van der Waals surface area contributed by atoms with E-state index in [1.165, 1.54) is 28.4 Å². The maximum atomic E-state index is 12.4. The highest BCUT2D eigenvalue weighted by molar-refractivity contribution is 6.32. The molecule has 0 saturated carbocycles. The maximum Gasteiger partial charge on any atom is 0.323 e. The second-order valence-corrected chi connectivity index (χ2v) is 22.8. The zero-order valence-corrected chi connectivity index (χ0v) is 56.1. The molecule has 8 amide bonds. The molecule has 8 N–H and O–H groups in total. The van der Waals surface area contributed by atoms with Crippen molar-refractivity contribution in [2.75, 3.05) is 71.0 Å². The molecule has 8 aromatic carbocycles. The number of hydrogen-bond donors (Lipinski definition) is 8. The second-order valence-electron chi connectivity index (χ2n) is 21.0. The summed E-state index contributed by atoms with van der Waals surface area (Å²) in [6.45, 7) is 7.54. The first-order chi connectivity index (χ1) is 46.3. The summed E-state index contributed by atoms with van der Waals surface area (Å²) in [5.41, 5.74) is 11.4. The number of aromatic nitrogens is 4. The molecule has 20 nitrogen and oxygen atoms in total. The van der Waals surface area contributed by atoms with Crippen LogP contribution in [0.15, 0.2) is 194 Å². The molecular formula is C72H64Cl4N12O8. The van der Waals surface area contributed by atoms with Gasteiger partial charge in [-0.05, 0) is 149 Å². The third-order valence-electron chi connectivity index (χ3n) is 14.0. The van der Waals surface area contributed by atoms with Gasteiger partial charge in [0.25, 0.3) is 0 Å². The Balaban J connectivity index is 0.000000150. The summed E-state index contributed by atoms with van der Waals surface area (Å²) in [5.74, 6) is 2.13. The van der Waals surface area contributed by atoms with Gasteiger partial charge >= 0.3 is 24.1 Å². The van der Waals surface area contributed by atoms with Crippen LogP contribution >= 0.6 is 46.4 Å². The predicted octanol–water partition coefficient (Wildman–Crippen LogP) is 19.4. The number of hydrogen-bond acceptors (Lipinski definition) is 12. The van der Waals surface area contributed by atoms with Gasteiger partial charge in [0, 0.05) is 64.4 Å². The number of rotatable bonds is 12. The molecule has 0 bridgehead atoms. The predicted molar refractivity (Wildman–Crippen MR) is 389 cm³/mol. The highest BCUT2D eigenvalue weighted by Gasteiger charge is 2.16. The van der Waals surface area contributed by atoms with Crippen LogP contribution < -0.4 is 61.5 Å². The minimum atomic E-state index is -0.383. The number of amides is 8. The van der Waals surface area contributed by atoms with Crippen molar-refractivity contribution in [3.05, 3.63) is 237 Å². The fraction of sp³-hybridized carbons (Fsp3) is 0.111. The van der Waals surface area contributed by atoms with Gasteiger partial charge in [0.2, 0.25) is 0 Å². The number of nitrogens with one attached hydrogen (secondary N) is 8. The van der Waals surface area contributed by atoms with E-state index in [9.17, 15) is 19.2 Å². The summed E-state index contributed by atoms with van der Waals surface area (Å²) < 4.78 is 20.9. The van der Waals surface area contributed by atoms with E-state index in [1.54, 1.807) is 72.8 Å². The van der Waals surface area contributed by atoms with E-state index >= 15 is 0 Å². The van der Waals surface area contributed by atoms with E-state index in [0.717, 1.165) is 66.4 Å². The van der Waals surface area contributed by atoms with E-state index in [1.807, 2.05) is 149 Å². The average molecular weight is 1370 g/mol. The van der Waals surface area contributed by atoms with Gasteiger partial charge in [0.05, 0.1) is 96.0 Å². The number of aryl methyl sites for hydroxylation is 4. The molecule has 0 saturated heterocycles. The molecule has 0 unspecified atom stereocenters. The summed E-state index contributed by atoms with van der Waals surface area (Å²) in [7, 11) is 6.14. The first-order valence-electron chi connectivity index (χ1n) is 29.4. The largest absolute Gasteiger partial charge is 0.495 e. The number of nitrogens with zero attached hydrogens (tertiary/aromatic N) is 4. The number of fused-ring (bicyclic) bond motifs is 4. The van der Waals surface area contributed by atoms with Crippen LogP contribution in [0.5, 0.6) is 23.0 Å². The highest BCUT2D eigenvalue weighted by atomic mass is 35.5. The van der Waals surface area contributed by atoms with Crippen LogP contribution in [0.3, 0.4) is 0 Å². The molecular weight excluding hydrogens is 1300 g/mol. The Labute approximate surface area is 573 Å². The molecule has 0 radical (unpaired) electrons. The van der Waals surface area contributed by atoms with Crippen LogP contribution in [-0.4, -0.2) is 72.5 Å². The normalized spacial score (nSPS) is 10.5. The average Bonchev–Trinajstić information content (AvgIpc) is 1.11. The number of carbonyl (C=O) groups excluding carboxylic acids is 4. The van der Waals surface area contributed by atoms with Crippen molar-refractivity contribution in [1.29, 1.82) is 0 Å². The van der Waals surface area contributed by atoms with Gasteiger partial charge in [-0.25, -0.2) is 19.2 Å². The number of halogens is 4. The van der Waals surface area contributed by atoms with Crippen LogP contribution in [0.1, 0.15) is 22.8 Å². The number of anilines is 8. The standard InChI is InChI=1S/4C18H16ClN3O2/c4*1-11-9-15(13-5-3-4-6-14(13)20-11)21-18(23)22-16-10-12(19)7-8-17(16)24-2/h4*3-10H,1-2H3,(H2,20,21,22,23). The summed E-state index contributed by atoms with van der Waals surface area (Å²) in [5, 5.41) is 28.0. The maximum absolute atomic E-state index is 12.4. The quantitative estimate of drug-likeness (QED) is 0.0569. The number of para-hydroxylation sites is 4. The molecule has 0 spiro atoms.